The molecule has 7 nitrogen and oxygen atoms in total. The smallest absolute Gasteiger partial charge is 0.261 e. The summed E-state index contributed by atoms with van der Waals surface area (Å²) < 4.78 is 33.8. The molecule has 1 fully saturated rings. The third kappa shape index (κ3) is 4.38. The van der Waals surface area contributed by atoms with Gasteiger partial charge in [0.15, 0.2) is 0 Å². The van der Waals surface area contributed by atoms with Crippen molar-refractivity contribution in [3.05, 3.63) is 47.0 Å². The van der Waals surface area contributed by atoms with E-state index in [9.17, 15) is 13.2 Å². The van der Waals surface area contributed by atoms with Gasteiger partial charge in [0.1, 0.15) is 5.75 Å². The maximum Gasteiger partial charge on any atom is 0.261 e. The fourth-order valence-electron chi connectivity index (χ4n) is 4.46. The highest BCUT2D eigenvalue weighted by molar-refractivity contribution is 7.92. The molecule has 0 aromatic heterocycles. The number of rotatable bonds is 6. The van der Waals surface area contributed by atoms with Crippen molar-refractivity contribution in [2.75, 3.05) is 42.9 Å². The van der Waals surface area contributed by atoms with E-state index in [1.165, 1.54) is 13.2 Å². The van der Waals surface area contributed by atoms with Crippen LogP contribution in [0.3, 0.4) is 0 Å². The molecule has 1 amide bonds. The number of benzene rings is 2. The Bertz CT molecular complexity index is 1140. The van der Waals surface area contributed by atoms with Crippen LogP contribution in [0.1, 0.15) is 32.3 Å². The largest absolute Gasteiger partial charge is 0.495 e. The summed E-state index contributed by atoms with van der Waals surface area (Å²) in [5.74, 6) is 0.596. The van der Waals surface area contributed by atoms with Crippen LogP contribution in [-0.4, -0.2) is 52.5 Å². The van der Waals surface area contributed by atoms with Crippen LogP contribution in [-0.2, 0) is 20.2 Å². The second-order valence-electron chi connectivity index (χ2n) is 8.96. The van der Waals surface area contributed by atoms with E-state index >= 15 is 0 Å². The van der Waals surface area contributed by atoms with Crippen LogP contribution >= 0.6 is 11.6 Å². The molecule has 2 aliphatic rings. The normalized spacial score (nSPS) is 17.4. The summed E-state index contributed by atoms with van der Waals surface area (Å²) in [6.45, 7) is 6.75. The lowest BCUT2D eigenvalue weighted by Gasteiger charge is -2.24. The summed E-state index contributed by atoms with van der Waals surface area (Å²) in [5.41, 5.74) is 1.90. The Morgan fingerprint density at radius 3 is 2.53 bits per heavy atom. The number of nitrogens with zero attached hydrogens (tertiary/aromatic N) is 2. The molecule has 2 aromatic rings. The van der Waals surface area contributed by atoms with Gasteiger partial charge in [-0.2, -0.15) is 0 Å². The Morgan fingerprint density at radius 1 is 1.16 bits per heavy atom. The van der Waals surface area contributed by atoms with Crippen molar-refractivity contribution >= 4 is 38.9 Å². The number of nitrogens with one attached hydrogen (secondary N) is 1. The average molecular weight is 478 g/mol. The Balaban J connectivity index is 1.58. The van der Waals surface area contributed by atoms with Crippen molar-refractivity contribution < 1.29 is 17.9 Å². The molecule has 0 saturated carbocycles. The summed E-state index contributed by atoms with van der Waals surface area (Å²) in [6.07, 6.45) is 2.11. The highest BCUT2D eigenvalue weighted by atomic mass is 35.5. The molecular formula is C23H28ClN3O4S. The van der Waals surface area contributed by atoms with Gasteiger partial charge in [-0.25, -0.2) is 8.42 Å². The van der Waals surface area contributed by atoms with Crippen molar-refractivity contribution in [3.63, 3.8) is 0 Å². The molecule has 0 spiro atoms. The van der Waals surface area contributed by atoms with Gasteiger partial charge in [-0.05, 0) is 54.8 Å². The second-order valence-corrected chi connectivity index (χ2v) is 11.1. The summed E-state index contributed by atoms with van der Waals surface area (Å²) in [7, 11) is -2.32. The Kier molecular flexibility index (Phi) is 6.02. The number of anilines is 2. The average Bonchev–Trinajstić information content (AvgIpc) is 3.35. The van der Waals surface area contributed by atoms with Crippen molar-refractivity contribution in [1.82, 2.24) is 4.90 Å². The third-order valence-corrected chi connectivity index (χ3v) is 7.80. The monoisotopic (exact) mass is 477 g/mol. The summed E-state index contributed by atoms with van der Waals surface area (Å²) in [4.78, 5) is 16.8. The number of sulfonamides is 1. The number of hydrogen-bond acceptors (Lipinski definition) is 5. The zero-order valence-electron chi connectivity index (χ0n) is 18.5. The van der Waals surface area contributed by atoms with E-state index in [0.29, 0.717) is 29.5 Å². The van der Waals surface area contributed by atoms with Gasteiger partial charge in [-0.3, -0.25) is 9.52 Å². The van der Waals surface area contributed by atoms with Gasteiger partial charge >= 0.3 is 0 Å². The number of carbonyl (C=O) groups excluding carboxylic acids is 1. The molecule has 172 valence electrons. The zero-order chi connectivity index (χ0) is 23.1. The van der Waals surface area contributed by atoms with Crippen molar-refractivity contribution in [2.45, 2.75) is 37.0 Å². The maximum atomic E-state index is 13.1. The minimum Gasteiger partial charge on any atom is -0.495 e. The summed E-state index contributed by atoms with van der Waals surface area (Å²) in [5, 5.41) is 0.320. The molecule has 0 bridgehead atoms. The number of fused-ring (bicyclic) bond motifs is 1. The summed E-state index contributed by atoms with van der Waals surface area (Å²) in [6, 6.07) is 9.83. The molecule has 1 saturated heterocycles. The molecule has 0 unspecified atom stereocenters. The maximum absolute atomic E-state index is 13.1. The third-order valence-electron chi connectivity index (χ3n) is 6.12. The molecule has 2 heterocycles. The first-order valence-corrected chi connectivity index (χ1v) is 12.5. The van der Waals surface area contributed by atoms with Crippen LogP contribution in [0.25, 0.3) is 0 Å². The van der Waals surface area contributed by atoms with Crippen LogP contribution in [0.2, 0.25) is 5.02 Å². The molecule has 1 N–H and O–H groups in total. The molecule has 9 heteroatoms. The van der Waals surface area contributed by atoms with Gasteiger partial charge < -0.3 is 14.5 Å². The van der Waals surface area contributed by atoms with Crippen LogP contribution in [0.4, 0.5) is 11.4 Å². The van der Waals surface area contributed by atoms with E-state index in [0.717, 1.165) is 37.2 Å². The molecular weight excluding hydrogens is 450 g/mol. The highest BCUT2D eigenvalue weighted by Crippen LogP contribution is 2.41. The SMILES string of the molecule is COc1ccc(NS(=O)(=O)c2ccc3c(c2)C(C)(C)CN3CC(=O)N2CCCC2)cc1Cl. The lowest BCUT2D eigenvalue weighted by molar-refractivity contribution is -0.128. The van der Waals surface area contributed by atoms with Gasteiger partial charge in [0.05, 0.1) is 29.3 Å². The Morgan fingerprint density at radius 2 is 1.88 bits per heavy atom. The van der Waals surface area contributed by atoms with E-state index in [2.05, 4.69) is 23.5 Å². The van der Waals surface area contributed by atoms with Crippen LogP contribution in [0, 0.1) is 0 Å². The van der Waals surface area contributed by atoms with E-state index in [1.807, 2.05) is 4.90 Å². The number of hydrogen-bond donors (Lipinski definition) is 1. The van der Waals surface area contributed by atoms with E-state index in [-0.39, 0.29) is 16.2 Å². The highest BCUT2D eigenvalue weighted by Gasteiger charge is 2.37. The van der Waals surface area contributed by atoms with Crippen LogP contribution in [0.5, 0.6) is 5.75 Å². The molecule has 4 rings (SSSR count). The van der Waals surface area contributed by atoms with E-state index in [4.69, 9.17) is 16.3 Å². The van der Waals surface area contributed by atoms with E-state index < -0.39 is 10.0 Å². The van der Waals surface area contributed by atoms with Crippen molar-refractivity contribution in [3.8, 4) is 5.75 Å². The van der Waals surface area contributed by atoms with Gasteiger partial charge in [0, 0.05) is 30.7 Å². The fraction of sp³-hybridized carbons (Fsp3) is 0.435. The molecule has 2 aromatic carbocycles. The fourth-order valence-corrected chi connectivity index (χ4v) is 5.80. The van der Waals surface area contributed by atoms with Crippen LogP contribution in [0.15, 0.2) is 41.3 Å². The predicted molar refractivity (Wildman–Crippen MR) is 126 cm³/mol. The zero-order valence-corrected chi connectivity index (χ0v) is 20.1. The first-order valence-electron chi connectivity index (χ1n) is 10.6. The quantitative estimate of drug-likeness (QED) is 0.683. The van der Waals surface area contributed by atoms with E-state index in [1.54, 1.807) is 30.3 Å². The first kappa shape index (κ1) is 22.7. The molecule has 0 aliphatic carbocycles. The van der Waals surface area contributed by atoms with Crippen LogP contribution < -0.4 is 14.4 Å². The number of likely N-dealkylation sites (tertiary alicyclic amines) is 1. The molecule has 0 atom stereocenters. The van der Waals surface area contributed by atoms with Gasteiger partial charge in [-0.1, -0.05) is 25.4 Å². The van der Waals surface area contributed by atoms with Gasteiger partial charge in [0.2, 0.25) is 5.91 Å². The number of ether oxygens (including phenoxy) is 1. The minimum atomic E-state index is -3.82. The standard InChI is InChI=1S/C23H28ClN3O4S/c1-23(2)15-27(14-22(28)26-10-4-5-11-26)20-8-7-17(13-18(20)23)32(29,30)25-16-6-9-21(31-3)19(24)12-16/h6-9,12-13,25H,4-5,10-11,14-15H2,1-3H3. The number of amides is 1. The molecule has 2 aliphatic heterocycles. The van der Waals surface area contributed by atoms with Gasteiger partial charge in [-0.15, -0.1) is 0 Å². The van der Waals surface area contributed by atoms with Crippen molar-refractivity contribution in [1.29, 1.82) is 0 Å². The molecule has 0 radical (unpaired) electrons. The number of halogens is 1. The Labute approximate surface area is 194 Å². The summed E-state index contributed by atoms with van der Waals surface area (Å²) >= 11 is 6.13. The molecule has 32 heavy (non-hydrogen) atoms. The first-order chi connectivity index (χ1) is 15.1. The number of methoxy groups -OCH3 is 1. The lowest BCUT2D eigenvalue weighted by atomic mass is 9.87. The second kappa shape index (κ2) is 8.48. The van der Waals surface area contributed by atoms with Crippen molar-refractivity contribution in [2.24, 2.45) is 0 Å². The Hall–Kier alpha value is -2.45. The topological polar surface area (TPSA) is 79.0 Å². The minimum absolute atomic E-state index is 0.126. The lowest BCUT2D eigenvalue weighted by Crippen LogP contribution is -2.40. The predicted octanol–water partition coefficient (Wildman–Crippen LogP) is 3.87. The van der Waals surface area contributed by atoms with Gasteiger partial charge in [0.25, 0.3) is 10.0 Å². The number of carbonyl (C=O) groups is 1.